The molecule has 4 aromatic rings. The largest absolute Gasteiger partial charge is 0.316 e. The van der Waals surface area contributed by atoms with E-state index in [0.717, 1.165) is 22.7 Å². The number of rotatable bonds is 5. The lowest BCUT2D eigenvalue weighted by Gasteiger charge is -2.23. The Morgan fingerprint density at radius 1 is 0.971 bits per heavy atom. The zero-order valence-electron chi connectivity index (χ0n) is 21.1. The minimum Gasteiger partial charge on any atom is -0.316 e. The molecule has 0 bridgehead atoms. The molecule has 1 saturated carbocycles. The van der Waals surface area contributed by atoms with E-state index in [-0.39, 0.29) is 5.56 Å². The maximum atomic E-state index is 13.5. The summed E-state index contributed by atoms with van der Waals surface area (Å²) in [4.78, 5) is 19.4. The van der Waals surface area contributed by atoms with Crippen LogP contribution in [-0.2, 0) is 13.6 Å². The molecule has 6 heteroatoms. The fraction of sp³-hybridized carbons (Fsp3) is 0.379. The van der Waals surface area contributed by atoms with Gasteiger partial charge in [-0.25, -0.2) is 9.67 Å². The van der Waals surface area contributed by atoms with E-state index in [9.17, 15) is 4.79 Å². The Kier molecular flexibility index (Phi) is 6.65. The zero-order valence-corrected chi connectivity index (χ0v) is 21.9. The predicted octanol–water partition coefficient (Wildman–Crippen LogP) is 6.44. The molecular formula is C29H34N4OS. The third kappa shape index (κ3) is 4.59. The van der Waals surface area contributed by atoms with Crippen molar-refractivity contribution >= 4 is 17.0 Å². The maximum absolute atomic E-state index is 13.5. The van der Waals surface area contributed by atoms with E-state index < -0.39 is 0 Å². The molecule has 1 aliphatic rings. The van der Waals surface area contributed by atoms with Crippen LogP contribution in [0, 0.1) is 26.7 Å². The lowest BCUT2D eigenvalue weighted by molar-refractivity contribution is 0.318. The van der Waals surface area contributed by atoms with Crippen LogP contribution in [0.5, 0.6) is 0 Å². The summed E-state index contributed by atoms with van der Waals surface area (Å²) in [6.07, 6.45) is 6.48. The van der Waals surface area contributed by atoms with Gasteiger partial charge in [0.05, 0.1) is 17.1 Å². The molecule has 1 fully saturated rings. The van der Waals surface area contributed by atoms with Gasteiger partial charge >= 0.3 is 0 Å². The van der Waals surface area contributed by atoms with Crippen molar-refractivity contribution in [2.75, 3.05) is 0 Å². The highest BCUT2D eigenvalue weighted by Crippen LogP contribution is 2.29. The molecule has 2 aromatic carbocycles. The zero-order chi connectivity index (χ0) is 24.5. The highest BCUT2D eigenvalue weighted by molar-refractivity contribution is 7.07. The van der Waals surface area contributed by atoms with Crippen LogP contribution in [0.25, 0.3) is 16.9 Å². The van der Waals surface area contributed by atoms with Gasteiger partial charge in [-0.15, -0.1) is 11.3 Å². The monoisotopic (exact) mass is 486 g/mol. The summed E-state index contributed by atoms with van der Waals surface area (Å²) in [5, 5.41) is 2.21. The molecule has 0 amide bonds. The molecule has 1 aliphatic carbocycles. The van der Waals surface area contributed by atoms with Crippen LogP contribution < -0.4 is 10.4 Å². The summed E-state index contributed by atoms with van der Waals surface area (Å²) in [6, 6.07) is 16.5. The van der Waals surface area contributed by atoms with Crippen molar-refractivity contribution in [3.63, 3.8) is 0 Å². The fourth-order valence-corrected chi connectivity index (χ4v) is 6.06. The van der Waals surface area contributed by atoms with Gasteiger partial charge in [0.25, 0.3) is 5.56 Å². The number of aryl methyl sites for hydroxylation is 2. The Hall–Kier alpha value is -3.12. The molecule has 5 rings (SSSR count). The van der Waals surface area contributed by atoms with Crippen molar-refractivity contribution in [2.45, 2.75) is 59.4 Å². The number of aromatic nitrogens is 3. The highest BCUT2D eigenvalue weighted by atomic mass is 32.1. The number of hydrogen-bond acceptors (Lipinski definition) is 3. The Morgan fingerprint density at radius 3 is 2.43 bits per heavy atom. The molecule has 0 unspecified atom stereocenters. The van der Waals surface area contributed by atoms with Crippen molar-refractivity contribution in [3.05, 3.63) is 85.9 Å². The van der Waals surface area contributed by atoms with Crippen molar-refractivity contribution in [1.29, 1.82) is 0 Å². The molecule has 182 valence electrons. The third-order valence-electron chi connectivity index (χ3n) is 7.50. The summed E-state index contributed by atoms with van der Waals surface area (Å²) >= 11 is 1.63. The predicted molar refractivity (Wildman–Crippen MR) is 145 cm³/mol. The number of benzene rings is 2. The Balaban J connectivity index is 1.66. The smallest absolute Gasteiger partial charge is 0.297 e. The minimum atomic E-state index is -0.0819. The molecule has 2 aromatic heterocycles. The van der Waals surface area contributed by atoms with E-state index in [1.54, 1.807) is 16.0 Å². The first-order valence-corrected chi connectivity index (χ1v) is 13.5. The Morgan fingerprint density at radius 2 is 1.71 bits per heavy atom. The van der Waals surface area contributed by atoms with Crippen molar-refractivity contribution < 1.29 is 0 Å². The first-order chi connectivity index (χ1) is 16.9. The molecule has 0 atom stereocenters. The summed E-state index contributed by atoms with van der Waals surface area (Å²) in [5.74, 6) is 0.653. The van der Waals surface area contributed by atoms with Gasteiger partial charge in [0.1, 0.15) is 0 Å². The van der Waals surface area contributed by atoms with E-state index in [2.05, 4.69) is 42.0 Å². The van der Waals surface area contributed by atoms with Crippen molar-refractivity contribution in [2.24, 2.45) is 18.0 Å². The number of thiazole rings is 1. The lowest BCUT2D eigenvalue weighted by Crippen LogP contribution is -2.23. The molecular weight excluding hydrogens is 452 g/mol. The van der Waals surface area contributed by atoms with Gasteiger partial charge in [0.15, 0.2) is 10.5 Å². The van der Waals surface area contributed by atoms with Gasteiger partial charge < -0.3 is 4.57 Å². The summed E-state index contributed by atoms with van der Waals surface area (Å²) in [6.45, 7) is 7.24. The molecule has 2 heterocycles. The van der Waals surface area contributed by atoms with Crippen LogP contribution in [-0.4, -0.2) is 13.9 Å². The van der Waals surface area contributed by atoms with Gasteiger partial charge in [-0.2, -0.15) is 0 Å². The maximum Gasteiger partial charge on any atom is 0.297 e. The van der Waals surface area contributed by atoms with Crippen LogP contribution in [0.1, 0.15) is 48.9 Å². The van der Waals surface area contributed by atoms with Crippen molar-refractivity contribution in [1.82, 2.24) is 13.9 Å². The van der Waals surface area contributed by atoms with Gasteiger partial charge in [-0.1, -0.05) is 49.6 Å². The molecule has 35 heavy (non-hydrogen) atoms. The van der Waals surface area contributed by atoms with E-state index in [1.807, 2.05) is 49.0 Å². The summed E-state index contributed by atoms with van der Waals surface area (Å²) in [7, 11) is 1.92. The first-order valence-electron chi connectivity index (χ1n) is 12.6. The second-order valence-electron chi connectivity index (χ2n) is 9.84. The van der Waals surface area contributed by atoms with E-state index in [0.29, 0.717) is 11.6 Å². The van der Waals surface area contributed by atoms with Gasteiger partial charge in [0, 0.05) is 19.0 Å². The SMILES string of the molecule is Cc1ccc(-c2csc(=Nc3c(C)n(C)n(-c4ccccc4)c3=O)n2CC2CCCCC2)cc1C. The topological polar surface area (TPSA) is 44.2 Å². The lowest BCUT2D eigenvalue weighted by atomic mass is 9.89. The average molecular weight is 487 g/mol. The summed E-state index contributed by atoms with van der Waals surface area (Å²) in [5.41, 5.74) is 7.15. The second kappa shape index (κ2) is 9.86. The van der Waals surface area contributed by atoms with Crippen LogP contribution in [0.4, 0.5) is 5.69 Å². The molecule has 0 N–H and O–H groups in total. The van der Waals surface area contributed by atoms with E-state index >= 15 is 0 Å². The second-order valence-corrected chi connectivity index (χ2v) is 10.7. The molecule has 0 aliphatic heterocycles. The number of para-hydroxylation sites is 1. The minimum absolute atomic E-state index is 0.0819. The number of hydrogen-bond donors (Lipinski definition) is 0. The Labute approximate surface area is 211 Å². The Bertz CT molecular complexity index is 1460. The van der Waals surface area contributed by atoms with Gasteiger partial charge in [0.2, 0.25) is 0 Å². The van der Waals surface area contributed by atoms with Crippen LogP contribution in [0.3, 0.4) is 0 Å². The highest BCUT2D eigenvalue weighted by Gasteiger charge is 2.20. The number of nitrogens with zero attached hydrogens (tertiary/aromatic N) is 4. The first kappa shape index (κ1) is 23.6. The van der Waals surface area contributed by atoms with Gasteiger partial charge in [-0.05, 0) is 74.4 Å². The average Bonchev–Trinajstić information content (AvgIpc) is 3.35. The standard InChI is InChI=1S/C29H34N4OS/c1-20-15-16-24(17-21(20)2)26-19-35-29(32(26)18-23-11-7-5-8-12-23)30-27-22(3)31(4)33(28(27)34)25-13-9-6-10-14-25/h6,9-10,13-17,19,23H,5,7-8,11-12,18H2,1-4H3. The fourth-order valence-electron chi connectivity index (χ4n) is 5.13. The molecule has 0 radical (unpaired) electrons. The third-order valence-corrected chi connectivity index (χ3v) is 8.36. The van der Waals surface area contributed by atoms with Gasteiger partial charge in [-0.3, -0.25) is 9.48 Å². The molecule has 0 spiro atoms. The van der Waals surface area contributed by atoms with Crippen LogP contribution >= 0.6 is 11.3 Å². The summed E-state index contributed by atoms with van der Waals surface area (Å²) < 4.78 is 5.97. The quantitative estimate of drug-likeness (QED) is 0.320. The van der Waals surface area contributed by atoms with Crippen molar-refractivity contribution in [3.8, 4) is 16.9 Å². The van der Waals surface area contributed by atoms with Crippen LogP contribution in [0.15, 0.2) is 63.7 Å². The van der Waals surface area contributed by atoms with Crippen LogP contribution in [0.2, 0.25) is 0 Å². The van der Waals surface area contributed by atoms with E-state index in [1.165, 1.54) is 54.5 Å². The molecule has 5 nitrogen and oxygen atoms in total. The van der Waals surface area contributed by atoms with E-state index in [4.69, 9.17) is 4.99 Å². The normalized spacial score (nSPS) is 15.1. The molecule has 0 saturated heterocycles.